The third kappa shape index (κ3) is 347. The fourth-order valence-electron chi connectivity index (χ4n) is 0. The highest BCUT2D eigenvalue weighted by Crippen LogP contribution is 2.34. The number of hydrogen-bond acceptors (Lipinski definition) is 4. The first-order chi connectivity index (χ1) is 6.29. The number of Topliss-reactive ketones (excluding diaryl/α,β-unsaturated/α-hetero) is 1. The highest BCUT2D eigenvalue weighted by Gasteiger charge is 2.02. The van der Waals surface area contributed by atoms with E-state index < -0.39 is 15.0 Å². The van der Waals surface area contributed by atoms with E-state index in [4.69, 9.17) is 9.79 Å². The zero-order valence-corrected chi connectivity index (χ0v) is 11.7. The summed E-state index contributed by atoms with van der Waals surface area (Å²) in [4.78, 5) is 25.7. The summed E-state index contributed by atoms with van der Waals surface area (Å²) in [6.07, 6.45) is 0. The van der Waals surface area contributed by atoms with Gasteiger partial charge in [0.15, 0.2) is 7.37 Å². The van der Waals surface area contributed by atoms with E-state index in [1.54, 1.807) is 0 Å². The van der Waals surface area contributed by atoms with Crippen molar-refractivity contribution in [2.24, 2.45) is 0 Å². The monoisotopic (exact) mass is 294 g/mol. The van der Waals surface area contributed by atoms with Gasteiger partial charge in [-0.15, -0.1) is 0 Å². The van der Waals surface area contributed by atoms with E-state index in [1.165, 1.54) is 34.3 Å². The summed E-state index contributed by atoms with van der Waals surface area (Å²) in [7, 11) is -4.59. The molecule has 17 heavy (non-hydrogen) atoms. The molecular formula is C9H28O6P2. The Bertz CT molecular complexity index is 240. The Hall–Kier alpha value is 0.01000. The van der Waals surface area contributed by atoms with Crippen molar-refractivity contribution >= 4 is 20.7 Å². The second kappa shape index (κ2) is 14.1. The quantitative estimate of drug-likeness (QED) is 0.721. The van der Waals surface area contributed by atoms with Crippen molar-refractivity contribution in [3.63, 3.8) is 0 Å². The largest absolute Gasteiger partial charge is 0.345 e. The average molecular weight is 294 g/mol. The van der Waals surface area contributed by atoms with Crippen LogP contribution in [0.3, 0.4) is 0 Å². The van der Waals surface area contributed by atoms with Crippen LogP contribution in [-0.2, 0) is 18.4 Å². The molecule has 0 spiro atoms. The number of hydrogen-bond donors (Lipinski definition) is 2. The highest BCUT2D eigenvalue weighted by molar-refractivity contribution is 7.56. The summed E-state index contributed by atoms with van der Waals surface area (Å²) in [5.74, 6) is 0.167. The summed E-state index contributed by atoms with van der Waals surface area (Å²) >= 11 is 0. The normalized spacial score (nSPS) is 12.0. The van der Waals surface area contributed by atoms with Gasteiger partial charge in [-0.3, -0.25) is 9.13 Å². The molecule has 0 aliphatic carbocycles. The van der Waals surface area contributed by atoms with E-state index in [0.717, 1.165) is 6.66 Å². The van der Waals surface area contributed by atoms with Crippen LogP contribution in [0.2, 0.25) is 0 Å². The number of ketones is 1. The maximum absolute atomic E-state index is 9.92. The Morgan fingerprint density at radius 3 is 1.06 bits per heavy atom. The topological polar surface area (TPSA) is 101 Å². The second-order valence-electron chi connectivity index (χ2n) is 3.19. The number of rotatable bonds is 1. The third-order valence-electron chi connectivity index (χ3n) is 0.339. The Labute approximate surface area is 105 Å². The van der Waals surface area contributed by atoms with Gasteiger partial charge in [-0.05, 0) is 13.8 Å². The molecule has 8 heteroatoms. The minimum absolute atomic E-state index is 0. The molecule has 2 N–H and O–H groups in total. The molecule has 0 aliphatic heterocycles. The van der Waals surface area contributed by atoms with Gasteiger partial charge in [0.1, 0.15) is 5.78 Å². The zero-order chi connectivity index (χ0) is 13.3. The van der Waals surface area contributed by atoms with Crippen molar-refractivity contribution in [3.8, 4) is 0 Å². The van der Waals surface area contributed by atoms with Gasteiger partial charge in [0.05, 0.1) is 0 Å². The molecule has 0 aromatic carbocycles. The Morgan fingerprint density at radius 1 is 1.00 bits per heavy atom. The smallest absolute Gasteiger partial charge is 0.324 e. The van der Waals surface area contributed by atoms with Crippen molar-refractivity contribution in [2.45, 2.75) is 28.7 Å². The number of carbonyl (C=O) groups excluding carboxylic acids is 1. The average Bonchev–Trinajstić information content (AvgIpc) is 1.80. The van der Waals surface area contributed by atoms with Crippen molar-refractivity contribution in [1.29, 1.82) is 0 Å². The first kappa shape index (κ1) is 30.2. The van der Waals surface area contributed by atoms with Crippen LogP contribution in [0.1, 0.15) is 28.7 Å². The molecular weight excluding hydrogens is 266 g/mol. The lowest BCUT2D eigenvalue weighted by atomic mass is 10.6. The minimum atomic E-state index is -3.15. The van der Waals surface area contributed by atoms with E-state index >= 15 is 0 Å². The second-order valence-corrected chi connectivity index (χ2v) is 7.75. The molecule has 0 fully saturated rings. The van der Waals surface area contributed by atoms with Crippen LogP contribution in [0.4, 0.5) is 0 Å². The molecule has 6 nitrogen and oxygen atoms in total. The summed E-state index contributed by atoms with van der Waals surface area (Å²) in [5, 5.41) is 0. The van der Waals surface area contributed by atoms with Gasteiger partial charge in [-0.25, -0.2) is 0 Å². The van der Waals surface area contributed by atoms with Crippen molar-refractivity contribution in [3.05, 3.63) is 0 Å². The lowest BCUT2D eigenvalue weighted by Crippen LogP contribution is -1.75. The van der Waals surface area contributed by atoms with Crippen LogP contribution in [-0.4, -0.2) is 42.7 Å². The Morgan fingerprint density at radius 2 is 1.06 bits per heavy atom. The van der Waals surface area contributed by atoms with Crippen molar-refractivity contribution in [1.82, 2.24) is 0 Å². The van der Waals surface area contributed by atoms with E-state index in [0.29, 0.717) is 0 Å². The molecule has 1 atom stereocenters. The zero-order valence-electron chi connectivity index (χ0n) is 9.92. The third-order valence-corrected chi connectivity index (χ3v) is 1.02. The van der Waals surface area contributed by atoms with Gasteiger partial charge in [0.2, 0.25) is 0 Å². The van der Waals surface area contributed by atoms with E-state index in [2.05, 4.69) is 4.52 Å². The van der Waals surface area contributed by atoms with Gasteiger partial charge >= 0.3 is 7.60 Å². The standard InChI is InChI=1S/C3H6O.C2H7O3P.C2H7O2P.2CH4/c1-3(2)4;1-5-6(2,3)4;1-5(2,3)4;;/h1-2H3;1-2H3,(H,3,4);1-2H3,(H,3,4);2*1H4. The Balaban J connectivity index is -0.0000000407. The van der Waals surface area contributed by atoms with Crippen LogP contribution in [0.5, 0.6) is 0 Å². The van der Waals surface area contributed by atoms with Gasteiger partial charge in [-0.2, -0.15) is 0 Å². The molecule has 0 aromatic rings. The van der Waals surface area contributed by atoms with Crippen LogP contribution in [0, 0.1) is 0 Å². The van der Waals surface area contributed by atoms with Gasteiger partial charge < -0.3 is 19.1 Å². The molecule has 0 aromatic heterocycles. The summed E-state index contributed by atoms with van der Waals surface area (Å²) in [6, 6.07) is 0. The molecule has 0 bridgehead atoms. The summed E-state index contributed by atoms with van der Waals surface area (Å²) in [6.45, 7) is 6.78. The maximum atomic E-state index is 9.92. The fraction of sp³-hybridized carbons (Fsp3) is 0.889. The Kier molecular flexibility index (Phi) is 25.0. The molecule has 1 unspecified atom stereocenters. The predicted molar refractivity (Wildman–Crippen MR) is 74.2 cm³/mol. The molecule has 0 radical (unpaired) electrons. The van der Waals surface area contributed by atoms with Crippen molar-refractivity contribution in [2.75, 3.05) is 27.1 Å². The predicted octanol–water partition coefficient (Wildman–Crippen LogP) is 2.83. The number of carbonyl (C=O) groups is 1. The molecule has 0 aliphatic rings. The van der Waals surface area contributed by atoms with Gasteiger partial charge in [0.25, 0.3) is 0 Å². The highest BCUT2D eigenvalue weighted by atomic mass is 31.2. The SMILES string of the molecule is C.C.CC(C)=O.COP(C)(=O)O.CP(C)(=O)O. The molecule has 0 rings (SSSR count). The van der Waals surface area contributed by atoms with E-state index in [9.17, 15) is 13.9 Å². The first-order valence-corrected chi connectivity index (χ1v) is 8.48. The van der Waals surface area contributed by atoms with Crippen LogP contribution >= 0.6 is 15.0 Å². The molecule has 0 saturated heterocycles. The van der Waals surface area contributed by atoms with E-state index in [-0.39, 0.29) is 20.6 Å². The molecule has 0 amide bonds. The minimum Gasteiger partial charge on any atom is -0.345 e. The van der Waals surface area contributed by atoms with Crippen LogP contribution in [0.25, 0.3) is 0 Å². The lowest BCUT2D eigenvalue weighted by Gasteiger charge is -1.96. The maximum Gasteiger partial charge on any atom is 0.324 e. The van der Waals surface area contributed by atoms with E-state index in [1.807, 2.05) is 0 Å². The lowest BCUT2D eigenvalue weighted by molar-refractivity contribution is -0.115. The summed E-state index contributed by atoms with van der Waals surface area (Å²) < 4.78 is 23.7. The first-order valence-electron chi connectivity index (χ1n) is 3.90. The van der Waals surface area contributed by atoms with Gasteiger partial charge in [-0.1, -0.05) is 14.9 Å². The van der Waals surface area contributed by atoms with Gasteiger partial charge in [0, 0.05) is 27.1 Å². The molecule has 0 saturated carbocycles. The van der Waals surface area contributed by atoms with Crippen LogP contribution in [0.15, 0.2) is 0 Å². The molecule has 110 valence electrons. The van der Waals surface area contributed by atoms with Crippen LogP contribution < -0.4 is 0 Å². The van der Waals surface area contributed by atoms with Crippen molar-refractivity contribution < 1.29 is 28.2 Å². The summed E-state index contributed by atoms with van der Waals surface area (Å²) in [5.41, 5.74) is 0. The molecule has 0 heterocycles. The fourth-order valence-corrected chi connectivity index (χ4v) is 0.